The summed E-state index contributed by atoms with van der Waals surface area (Å²) >= 11 is 0. The highest BCUT2D eigenvalue weighted by molar-refractivity contribution is 6.21. The number of nitrogens with one attached hydrogen (secondary N) is 1. The van der Waals surface area contributed by atoms with Gasteiger partial charge in [-0.3, -0.25) is 4.79 Å². The summed E-state index contributed by atoms with van der Waals surface area (Å²) in [4.78, 5) is 25.3. The summed E-state index contributed by atoms with van der Waals surface area (Å²) in [6.45, 7) is 6.04. The normalized spacial score (nSPS) is 19.6. The van der Waals surface area contributed by atoms with Crippen molar-refractivity contribution in [1.82, 2.24) is 5.32 Å². The van der Waals surface area contributed by atoms with E-state index in [9.17, 15) is 9.59 Å². The molecule has 1 atom stereocenters. The summed E-state index contributed by atoms with van der Waals surface area (Å²) in [5, 5.41) is 2.74. The van der Waals surface area contributed by atoms with Crippen LogP contribution < -0.4 is 10.2 Å². The van der Waals surface area contributed by atoms with Gasteiger partial charge in [0.2, 0.25) is 0 Å². The molecular formula is C14H18N2O2. The number of amides is 3. The Hall–Kier alpha value is -1.84. The van der Waals surface area contributed by atoms with Crippen LogP contribution in [0.25, 0.3) is 0 Å². The lowest BCUT2D eigenvalue weighted by Gasteiger charge is -2.14. The van der Waals surface area contributed by atoms with Crippen LogP contribution in [0.4, 0.5) is 10.5 Å². The van der Waals surface area contributed by atoms with Gasteiger partial charge in [-0.25, -0.2) is 9.69 Å². The standard InChI is InChI=1S/C14H18N2O2/c1-9(2)8-12-13(17)16(14(18)15-12)11-6-4-10(3)5-7-11/h4-7,9,12H,8H2,1-3H3,(H,15,18). The lowest BCUT2D eigenvalue weighted by Crippen LogP contribution is -2.31. The predicted octanol–water partition coefficient (Wildman–Crippen LogP) is 2.47. The highest BCUT2D eigenvalue weighted by Gasteiger charge is 2.38. The minimum atomic E-state index is -0.390. The Morgan fingerprint density at radius 3 is 2.39 bits per heavy atom. The molecule has 96 valence electrons. The Bertz CT molecular complexity index is 465. The van der Waals surface area contributed by atoms with Crippen molar-refractivity contribution in [3.8, 4) is 0 Å². The molecule has 1 N–H and O–H groups in total. The predicted molar refractivity (Wildman–Crippen MR) is 70.4 cm³/mol. The van der Waals surface area contributed by atoms with Gasteiger partial charge in [-0.15, -0.1) is 0 Å². The van der Waals surface area contributed by atoms with Crippen molar-refractivity contribution in [2.75, 3.05) is 4.90 Å². The van der Waals surface area contributed by atoms with E-state index < -0.39 is 0 Å². The Kier molecular flexibility index (Phi) is 3.36. The topological polar surface area (TPSA) is 49.4 Å². The summed E-state index contributed by atoms with van der Waals surface area (Å²) in [7, 11) is 0. The van der Waals surface area contributed by atoms with Crippen LogP contribution in [0.2, 0.25) is 0 Å². The van der Waals surface area contributed by atoms with Gasteiger partial charge in [-0.2, -0.15) is 0 Å². The lowest BCUT2D eigenvalue weighted by molar-refractivity contribution is -0.118. The van der Waals surface area contributed by atoms with Crippen molar-refractivity contribution in [2.45, 2.75) is 33.2 Å². The van der Waals surface area contributed by atoms with E-state index >= 15 is 0 Å². The van der Waals surface area contributed by atoms with Crippen molar-refractivity contribution in [1.29, 1.82) is 0 Å². The Morgan fingerprint density at radius 1 is 1.22 bits per heavy atom. The zero-order valence-corrected chi connectivity index (χ0v) is 10.9. The van der Waals surface area contributed by atoms with Crippen LogP contribution in [0.5, 0.6) is 0 Å². The molecule has 4 heteroatoms. The van der Waals surface area contributed by atoms with Gasteiger partial charge in [0.25, 0.3) is 5.91 Å². The molecule has 3 amide bonds. The molecule has 1 unspecified atom stereocenters. The van der Waals surface area contributed by atoms with Crippen LogP contribution >= 0.6 is 0 Å². The molecular weight excluding hydrogens is 228 g/mol. The second kappa shape index (κ2) is 4.80. The second-order valence-electron chi connectivity index (χ2n) is 5.14. The molecule has 0 bridgehead atoms. The monoisotopic (exact) mass is 246 g/mol. The third kappa shape index (κ3) is 2.37. The lowest BCUT2D eigenvalue weighted by atomic mass is 10.0. The summed E-state index contributed by atoms with van der Waals surface area (Å²) in [5.74, 6) is 0.217. The first-order chi connectivity index (χ1) is 8.49. The maximum absolute atomic E-state index is 12.2. The highest BCUT2D eigenvalue weighted by Crippen LogP contribution is 2.22. The van der Waals surface area contributed by atoms with Gasteiger partial charge in [-0.1, -0.05) is 31.5 Å². The molecule has 1 aromatic rings. The molecule has 1 aromatic carbocycles. The van der Waals surface area contributed by atoms with Gasteiger partial charge in [-0.05, 0) is 31.4 Å². The number of imide groups is 1. The Labute approximate surface area is 107 Å². The summed E-state index contributed by atoms with van der Waals surface area (Å²) in [5.41, 5.74) is 1.74. The van der Waals surface area contributed by atoms with Crippen LogP contribution in [-0.2, 0) is 4.79 Å². The van der Waals surface area contributed by atoms with Crippen molar-refractivity contribution >= 4 is 17.6 Å². The first-order valence-corrected chi connectivity index (χ1v) is 6.20. The maximum Gasteiger partial charge on any atom is 0.329 e. The molecule has 18 heavy (non-hydrogen) atoms. The number of urea groups is 1. The summed E-state index contributed by atoms with van der Waals surface area (Å²) in [6.07, 6.45) is 0.674. The fraction of sp³-hybridized carbons (Fsp3) is 0.429. The number of rotatable bonds is 3. The Morgan fingerprint density at radius 2 is 1.83 bits per heavy atom. The van der Waals surface area contributed by atoms with Gasteiger partial charge in [0.05, 0.1) is 5.69 Å². The van der Waals surface area contributed by atoms with Crippen LogP contribution in [0.15, 0.2) is 24.3 Å². The molecule has 1 aliphatic heterocycles. The van der Waals surface area contributed by atoms with E-state index in [1.165, 1.54) is 4.90 Å². The average molecular weight is 246 g/mol. The van der Waals surface area contributed by atoms with Gasteiger partial charge in [0, 0.05) is 0 Å². The molecule has 2 rings (SSSR count). The van der Waals surface area contributed by atoms with Crippen LogP contribution in [-0.4, -0.2) is 18.0 Å². The zero-order chi connectivity index (χ0) is 13.3. The fourth-order valence-corrected chi connectivity index (χ4v) is 2.10. The molecule has 1 aliphatic rings. The van der Waals surface area contributed by atoms with Crippen molar-refractivity contribution in [2.24, 2.45) is 5.92 Å². The largest absolute Gasteiger partial charge is 0.329 e. The molecule has 0 spiro atoms. The molecule has 0 aliphatic carbocycles. The molecule has 1 fully saturated rings. The number of nitrogens with zero attached hydrogens (tertiary/aromatic N) is 1. The molecule has 1 saturated heterocycles. The third-order valence-corrected chi connectivity index (χ3v) is 3.02. The third-order valence-electron chi connectivity index (χ3n) is 3.02. The van der Waals surface area contributed by atoms with E-state index in [2.05, 4.69) is 5.32 Å². The maximum atomic E-state index is 12.2. The van der Waals surface area contributed by atoms with Crippen LogP contribution in [0.1, 0.15) is 25.8 Å². The van der Waals surface area contributed by atoms with Crippen molar-refractivity contribution in [3.05, 3.63) is 29.8 Å². The molecule has 0 saturated carbocycles. The summed E-state index contributed by atoms with van der Waals surface area (Å²) < 4.78 is 0. The first kappa shape index (κ1) is 12.6. The second-order valence-corrected chi connectivity index (χ2v) is 5.14. The van der Waals surface area contributed by atoms with E-state index in [0.29, 0.717) is 18.0 Å². The van der Waals surface area contributed by atoms with Crippen molar-refractivity contribution in [3.63, 3.8) is 0 Å². The number of anilines is 1. The van der Waals surface area contributed by atoms with E-state index in [1.54, 1.807) is 12.1 Å². The molecule has 1 heterocycles. The number of hydrogen-bond donors (Lipinski definition) is 1. The van der Waals surface area contributed by atoms with E-state index in [0.717, 1.165) is 5.56 Å². The Balaban J connectivity index is 2.21. The fourth-order valence-electron chi connectivity index (χ4n) is 2.10. The van der Waals surface area contributed by atoms with Gasteiger partial charge >= 0.3 is 6.03 Å². The average Bonchev–Trinajstić information content (AvgIpc) is 2.55. The first-order valence-electron chi connectivity index (χ1n) is 6.20. The summed E-state index contributed by atoms with van der Waals surface area (Å²) in [6, 6.07) is 6.67. The quantitative estimate of drug-likeness (QED) is 0.833. The van der Waals surface area contributed by atoms with Crippen LogP contribution in [0.3, 0.4) is 0 Å². The van der Waals surface area contributed by atoms with Crippen molar-refractivity contribution < 1.29 is 9.59 Å². The minimum Gasteiger partial charge on any atom is -0.325 e. The zero-order valence-electron chi connectivity index (χ0n) is 10.9. The molecule has 0 radical (unpaired) electrons. The number of hydrogen-bond acceptors (Lipinski definition) is 2. The van der Waals surface area contributed by atoms with E-state index in [4.69, 9.17) is 0 Å². The van der Waals surface area contributed by atoms with E-state index in [-0.39, 0.29) is 18.0 Å². The van der Waals surface area contributed by atoms with Gasteiger partial charge < -0.3 is 5.32 Å². The molecule has 4 nitrogen and oxygen atoms in total. The highest BCUT2D eigenvalue weighted by atomic mass is 16.2. The van der Waals surface area contributed by atoms with E-state index in [1.807, 2.05) is 32.9 Å². The minimum absolute atomic E-state index is 0.155. The van der Waals surface area contributed by atoms with Gasteiger partial charge in [0.15, 0.2) is 0 Å². The van der Waals surface area contributed by atoms with Crippen LogP contribution in [0, 0.1) is 12.8 Å². The number of carbonyl (C=O) groups excluding carboxylic acids is 2. The number of carbonyl (C=O) groups is 2. The SMILES string of the molecule is Cc1ccc(N2C(=O)NC(CC(C)C)C2=O)cc1. The van der Waals surface area contributed by atoms with Gasteiger partial charge in [0.1, 0.15) is 6.04 Å². The number of aryl methyl sites for hydroxylation is 1. The molecule has 0 aromatic heterocycles. The smallest absolute Gasteiger partial charge is 0.325 e. The number of benzene rings is 1.